The van der Waals surface area contributed by atoms with Gasteiger partial charge in [-0.1, -0.05) is 25.1 Å². The largest absolute Gasteiger partial charge is 0.416 e. The van der Waals surface area contributed by atoms with Gasteiger partial charge in [-0.3, -0.25) is 0 Å². The lowest BCUT2D eigenvalue weighted by atomic mass is 9.98. The number of hydrogen-bond acceptors (Lipinski definition) is 2. The number of likely N-dealkylation sites (N-methyl/N-ethyl adjacent to an activating group) is 1. The highest BCUT2D eigenvalue weighted by atomic mass is 19.4. The van der Waals surface area contributed by atoms with Gasteiger partial charge in [-0.05, 0) is 31.5 Å². The third-order valence-corrected chi connectivity index (χ3v) is 3.23. The molecule has 5 heteroatoms. The third kappa shape index (κ3) is 4.51. The molecule has 1 N–H and O–H groups in total. The quantitative estimate of drug-likeness (QED) is 0.860. The molecule has 0 aliphatic heterocycles. The minimum absolute atomic E-state index is 0.00140. The monoisotopic (exact) mass is 275 g/mol. The molecule has 0 spiro atoms. The molecule has 0 saturated carbocycles. The van der Waals surface area contributed by atoms with E-state index in [2.05, 4.69) is 5.32 Å². The number of methoxy groups -OCH3 is 1. The standard InChI is InChI=1S/C14H20F3NO/c1-4-13(19-3)12(18-2)9-10-6-5-7-11(8-10)14(15,16)17/h5-8,12-13,18H,4,9H2,1-3H3. The number of alkyl halides is 3. The molecule has 0 aliphatic rings. The summed E-state index contributed by atoms with van der Waals surface area (Å²) >= 11 is 0. The first-order valence-corrected chi connectivity index (χ1v) is 6.28. The number of hydrogen-bond donors (Lipinski definition) is 1. The van der Waals surface area contributed by atoms with E-state index in [9.17, 15) is 13.2 Å². The lowest BCUT2D eigenvalue weighted by Gasteiger charge is -2.25. The molecule has 2 nitrogen and oxygen atoms in total. The minimum atomic E-state index is -4.30. The number of rotatable bonds is 6. The van der Waals surface area contributed by atoms with Crippen molar-refractivity contribution < 1.29 is 17.9 Å². The zero-order valence-electron chi connectivity index (χ0n) is 11.4. The van der Waals surface area contributed by atoms with Gasteiger partial charge in [-0.25, -0.2) is 0 Å². The van der Waals surface area contributed by atoms with Crippen LogP contribution < -0.4 is 5.32 Å². The van der Waals surface area contributed by atoms with Gasteiger partial charge in [-0.2, -0.15) is 13.2 Å². The highest BCUT2D eigenvalue weighted by Gasteiger charge is 2.30. The van der Waals surface area contributed by atoms with Crippen molar-refractivity contribution in [2.24, 2.45) is 0 Å². The Labute approximate surface area is 112 Å². The van der Waals surface area contributed by atoms with Crippen molar-refractivity contribution in [2.75, 3.05) is 14.2 Å². The van der Waals surface area contributed by atoms with Crippen molar-refractivity contribution in [3.8, 4) is 0 Å². The summed E-state index contributed by atoms with van der Waals surface area (Å²) in [4.78, 5) is 0. The number of nitrogens with one attached hydrogen (secondary N) is 1. The molecule has 2 atom stereocenters. The van der Waals surface area contributed by atoms with Gasteiger partial charge in [0.2, 0.25) is 0 Å². The second kappa shape index (κ2) is 6.91. The average Bonchev–Trinajstić information content (AvgIpc) is 2.38. The van der Waals surface area contributed by atoms with Gasteiger partial charge in [0.15, 0.2) is 0 Å². The van der Waals surface area contributed by atoms with E-state index in [0.29, 0.717) is 12.0 Å². The molecule has 1 rings (SSSR count). The zero-order chi connectivity index (χ0) is 14.5. The predicted molar refractivity (Wildman–Crippen MR) is 69.1 cm³/mol. The Bertz CT molecular complexity index is 389. The van der Waals surface area contributed by atoms with Gasteiger partial charge >= 0.3 is 6.18 Å². The van der Waals surface area contributed by atoms with Crippen molar-refractivity contribution in [1.29, 1.82) is 0 Å². The maximum atomic E-state index is 12.6. The molecule has 0 radical (unpaired) electrons. The Kier molecular flexibility index (Phi) is 5.82. The van der Waals surface area contributed by atoms with Crippen molar-refractivity contribution in [2.45, 2.75) is 38.1 Å². The van der Waals surface area contributed by atoms with Crippen molar-refractivity contribution >= 4 is 0 Å². The van der Waals surface area contributed by atoms with E-state index in [4.69, 9.17) is 4.74 Å². The Morgan fingerprint density at radius 2 is 2.00 bits per heavy atom. The molecule has 0 aliphatic carbocycles. The number of ether oxygens (including phenoxy) is 1. The Morgan fingerprint density at radius 3 is 2.47 bits per heavy atom. The smallest absolute Gasteiger partial charge is 0.380 e. The van der Waals surface area contributed by atoms with Crippen LogP contribution in [0.4, 0.5) is 13.2 Å². The molecule has 0 fully saturated rings. The van der Waals surface area contributed by atoms with Crippen LogP contribution >= 0.6 is 0 Å². The van der Waals surface area contributed by atoms with Crippen LogP contribution in [-0.2, 0) is 17.3 Å². The van der Waals surface area contributed by atoms with Crippen LogP contribution in [0.5, 0.6) is 0 Å². The SMILES string of the molecule is CCC(OC)C(Cc1cccc(C(F)(F)F)c1)NC. The summed E-state index contributed by atoms with van der Waals surface area (Å²) in [5, 5.41) is 3.10. The minimum Gasteiger partial charge on any atom is -0.380 e. The molecule has 0 amide bonds. The van der Waals surface area contributed by atoms with Gasteiger partial charge in [-0.15, -0.1) is 0 Å². The fourth-order valence-corrected chi connectivity index (χ4v) is 2.16. The van der Waals surface area contributed by atoms with E-state index in [1.807, 2.05) is 6.92 Å². The summed E-state index contributed by atoms with van der Waals surface area (Å²) in [5.74, 6) is 0. The number of benzene rings is 1. The summed E-state index contributed by atoms with van der Waals surface area (Å²) in [6.07, 6.45) is -3.00. The molecule has 0 bridgehead atoms. The van der Waals surface area contributed by atoms with Crippen LogP contribution in [0.25, 0.3) is 0 Å². The number of halogens is 3. The van der Waals surface area contributed by atoms with E-state index in [0.717, 1.165) is 12.5 Å². The van der Waals surface area contributed by atoms with Crippen molar-refractivity contribution in [3.05, 3.63) is 35.4 Å². The van der Waals surface area contributed by atoms with Crippen LogP contribution in [0.1, 0.15) is 24.5 Å². The summed E-state index contributed by atoms with van der Waals surface area (Å²) in [5.41, 5.74) is 0.0509. The maximum absolute atomic E-state index is 12.6. The lowest BCUT2D eigenvalue weighted by molar-refractivity contribution is -0.137. The fraction of sp³-hybridized carbons (Fsp3) is 0.571. The molecule has 1 aromatic rings. The van der Waals surface area contributed by atoms with E-state index >= 15 is 0 Å². The van der Waals surface area contributed by atoms with E-state index in [1.165, 1.54) is 12.1 Å². The summed E-state index contributed by atoms with van der Waals surface area (Å²) < 4.78 is 43.3. The van der Waals surface area contributed by atoms with Gasteiger partial charge in [0, 0.05) is 13.2 Å². The molecule has 2 unspecified atom stereocenters. The van der Waals surface area contributed by atoms with E-state index in [-0.39, 0.29) is 12.1 Å². The summed E-state index contributed by atoms with van der Waals surface area (Å²) in [6, 6.07) is 5.44. The second-order valence-corrected chi connectivity index (χ2v) is 4.48. The van der Waals surface area contributed by atoms with Crippen LogP contribution in [0, 0.1) is 0 Å². The molecule has 0 aromatic heterocycles. The molecular weight excluding hydrogens is 255 g/mol. The normalized spacial score (nSPS) is 15.3. The highest BCUT2D eigenvalue weighted by Crippen LogP contribution is 2.29. The first-order chi connectivity index (χ1) is 8.92. The van der Waals surface area contributed by atoms with Gasteiger partial charge < -0.3 is 10.1 Å². The fourth-order valence-electron chi connectivity index (χ4n) is 2.16. The Morgan fingerprint density at radius 1 is 1.32 bits per heavy atom. The second-order valence-electron chi connectivity index (χ2n) is 4.48. The topological polar surface area (TPSA) is 21.3 Å². The van der Waals surface area contributed by atoms with Crippen molar-refractivity contribution in [3.63, 3.8) is 0 Å². The molecule has 19 heavy (non-hydrogen) atoms. The average molecular weight is 275 g/mol. The summed E-state index contributed by atoms with van der Waals surface area (Å²) in [6.45, 7) is 1.99. The maximum Gasteiger partial charge on any atom is 0.416 e. The lowest BCUT2D eigenvalue weighted by Crippen LogP contribution is -2.40. The highest BCUT2D eigenvalue weighted by molar-refractivity contribution is 5.26. The van der Waals surface area contributed by atoms with E-state index < -0.39 is 11.7 Å². The third-order valence-electron chi connectivity index (χ3n) is 3.23. The molecule has 0 heterocycles. The van der Waals surface area contributed by atoms with Crippen LogP contribution in [0.15, 0.2) is 24.3 Å². The Hall–Kier alpha value is -1.07. The molecule has 108 valence electrons. The van der Waals surface area contributed by atoms with Crippen LogP contribution in [0.2, 0.25) is 0 Å². The molecular formula is C14H20F3NO. The van der Waals surface area contributed by atoms with Crippen LogP contribution in [-0.4, -0.2) is 26.3 Å². The van der Waals surface area contributed by atoms with Crippen molar-refractivity contribution in [1.82, 2.24) is 5.32 Å². The predicted octanol–water partition coefficient (Wildman–Crippen LogP) is 3.26. The van der Waals surface area contributed by atoms with E-state index in [1.54, 1.807) is 20.2 Å². The van der Waals surface area contributed by atoms with Gasteiger partial charge in [0.1, 0.15) is 0 Å². The van der Waals surface area contributed by atoms with Gasteiger partial charge in [0.05, 0.1) is 11.7 Å². The Balaban J connectivity index is 2.86. The van der Waals surface area contributed by atoms with Gasteiger partial charge in [0.25, 0.3) is 0 Å². The van der Waals surface area contributed by atoms with Crippen LogP contribution in [0.3, 0.4) is 0 Å². The first-order valence-electron chi connectivity index (χ1n) is 6.28. The molecule has 0 saturated heterocycles. The first kappa shape index (κ1) is 16.0. The summed E-state index contributed by atoms with van der Waals surface area (Å²) in [7, 11) is 3.41. The zero-order valence-corrected chi connectivity index (χ0v) is 11.4. The molecule has 1 aromatic carbocycles.